The van der Waals surface area contributed by atoms with E-state index < -0.39 is 10.0 Å². The summed E-state index contributed by atoms with van der Waals surface area (Å²) in [5, 5.41) is 7.98. The first-order valence-corrected chi connectivity index (χ1v) is 8.84. The Morgan fingerprint density at radius 2 is 2.00 bits per heavy atom. The van der Waals surface area contributed by atoms with Crippen molar-refractivity contribution in [3.63, 3.8) is 0 Å². The number of sulfonamides is 1. The molecule has 6 heteroatoms. The Hall–Kier alpha value is -1.40. The molecular formula is C15H22N2O3S. The highest BCUT2D eigenvalue weighted by atomic mass is 32.2. The molecule has 1 amide bonds. The third-order valence-electron chi connectivity index (χ3n) is 4.08. The van der Waals surface area contributed by atoms with Gasteiger partial charge in [0.25, 0.3) is 5.91 Å². The monoisotopic (exact) mass is 310 g/mol. The Balaban J connectivity index is 1.95. The van der Waals surface area contributed by atoms with Crippen LogP contribution in [0.3, 0.4) is 0 Å². The fraction of sp³-hybridized carbons (Fsp3) is 0.533. The first kappa shape index (κ1) is 16.0. The molecule has 0 spiro atoms. The van der Waals surface area contributed by atoms with Gasteiger partial charge in [0.1, 0.15) is 0 Å². The van der Waals surface area contributed by atoms with Gasteiger partial charge in [-0.25, -0.2) is 13.6 Å². The van der Waals surface area contributed by atoms with Crippen LogP contribution in [0.1, 0.15) is 48.0 Å². The molecule has 0 heterocycles. The van der Waals surface area contributed by atoms with Crippen molar-refractivity contribution in [2.75, 3.05) is 6.54 Å². The molecule has 0 aromatic heterocycles. The predicted molar refractivity (Wildman–Crippen MR) is 81.5 cm³/mol. The molecule has 1 aromatic rings. The highest BCUT2D eigenvalue weighted by molar-refractivity contribution is 7.89. The smallest absolute Gasteiger partial charge is 0.251 e. The first-order chi connectivity index (χ1) is 9.88. The van der Waals surface area contributed by atoms with Gasteiger partial charge in [0.15, 0.2) is 0 Å². The van der Waals surface area contributed by atoms with E-state index in [1.54, 1.807) is 6.92 Å². The van der Waals surface area contributed by atoms with Crippen LogP contribution in [0.15, 0.2) is 23.1 Å². The van der Waals surface area contributed by atoms with Gasteiger partial charge in [-0.05, 0) is 43.0 Å². The summed E-state index contributed by atoms with van der Waals surface area (Å²) >= 11 is 0. The van der Waals surface area contributed by atoms with Gasteiger partial charge in [-0.15, -0.1) is 0 Å². The van der Waals surface area contributed by atoms with Crippen molar-refractivity contribution in [2.45, 2.75) is 43.9 Å². The zero-order chi connectivity index (χ0) is 15.5. The largest absolute Gasteiger partial charge is 0.352 e. The van der Waals surface area contributed by atoms with Gasteiger partial charge in [0.05, 0.1) is 4.90 Å². The summed E-state index contributed by atoms with van der Waals surface area (Å²) < 4.78 is 22.5. The average Bonchev–Trinajstić information content (AvgIpc) is 2.90. The zero-order valence-corrected chi connectivity index (χ0v) is 13.1. The SMILES string of the molecule is Cc1cc(S(N)(=O)=O)ccc1C(=O)NCCC1CCCC1. The van der Waals surface area contributed by atoms with Crippen LogP contribution in [-0.4, -0.2) is 20.9 Å². The third kappa shape index (κ3) is 4.28. The van der Waals surface area contributed by atoms with Crippen molar-refractivity contribution in [3.05, 3.63) is 29.3 Å². The van der Waals surface area contributed by atoms with Crippen LogP contribution in [0.5, 0.6) is 0 Å². The van der Waals surface area contributed by atoms with Crippen molar-refractivity contribution in [1.82, 2.24) is 5.32 Å². The molecule has 1 aromatic carbocycles. The number of amides is 1. The van der Waals surface area contributed by atoms with Crippen LogP contribution in [0.2, 0.25) is 0 Å². The second-order valence-electron chi connectivity index (χ2n) is 5.72. The number of hydrogen-bond donors (Lipinski definition) is 2. The number of carbonyl (C=O) groups excluding carboxylic acids is 1. The summed E-state index contributed by atoms with van der Waals surface area (Å²) in [6.45, 7) is 2.38. The molecule has 0 radical (unpaired) electrons. The van der Waals surface area contributed by atoms with Crippen molar-refractivity contribution >= 4 is 15.9 Å². The lowest BCUT2D eigenvalue weighted by Gasteiger charge is -2.11. The van der Waals surface area contributed by atoms with Crippen molar-refractivity contribution in [1.29, 1.82) is 0 Å². The van der Waals surface area contributed by atoms with Crippen LogP contribution in [0.25, 0.3) is 0 Å². The molecule has 0 aliphatic heterocycles. The van der Waals surface area contributed by atoms with E-state index in [0.717, 1.165) is 12.3 Å². The molecule has 1 saturated carbocycles. The molecule has 0 bridgehead atoms. The van der Waals surface area contributed by atoms with E-state index in [1.165, 1.54) is 43.9 Å². The molecule has 21 heavy (non-hydrogen) atoms. The van der Waals surface area contributed by atoms with E-state index in [2.05, 4.69) is 5.32 Å². The number of aryl methyl sites for hydroxylation is 1. The highest BCUT2D eigenvalue weighted by Gasteiger charge is 2.16. The minimum Gasteiger partial charge on any atom is -0.352 e. The van der Waals surface area contributed by atoms with E-state index in [1.807, 2.05) is 0 Å². The number of carbonyl (C=O) groups is 1. The first-order valence-electron chi connectivity index (χ1n) is 7.29. The summed E-state index contributed by atoms with van der Waals surface area (Å²) in [5.41, 5.74) is 1.11. The van der Waals surface area contributed by atoms with E-state index in [9.17, 15) is 13.2 Å². The van der Waals surface area contributed by atoms with Gasteiger partial charge in [-0.3, -0.25) is 4.79 Å². The van der Waals surface area contributed by atoms with Crippen LogP contribution >= 0.6 is 0 Å². The van der Waals surface area contributed by atoms with E-state index in [4.69, 9.17) is 5.14 Å². The van der Waals surface area contributed by atoms with Gasteiger partial charge in [-0.2, -0.15) is 0 Å². The zero-order valence-electron chi connectivity index (χ0n) is 12.3. The Labute approximate surface area is 126 Å². The molecular weight excluding hydrogens is 288 g/mol. The summed E-state index contributed by atoms with van der Waals surface area (Å²) in [6, 6.07) is 4.31. The summed E-state index contributed by atoms with van der Waals surface area (Å²) in [4.78, 5) is 12.1. The molecule has 5 nitrogen and oxygen atoms in total. The van der Waals surface area contributed by atoms with Gasteiger partial charge >= 0.3 is 0 Å². The lowest BCUT2D eigenvalue weighted by Crippen LogP contribution is -2.26. The topological polar surface area (TPSA) is 89.3 Å². The number of primary sulfonamides is 1. The number of hydrogen-bond acceptors (Lipinski definition) is 3. The highest BCUT2D eigenvalue weighted by Crippen LogP contribution is 2.26. The predicted octanol–water partition coefficient (Wildman–Crippen LogP) is 1.95. The Morgan fingerprint density at radius 3 is 2.57 bits per heavy atom. The molecule has 1 fully saturated rings. The molecule has 1 aliphatic carbocycles. The van der Waals surface area contributed by atoms with Crippen molar-refractivity contribution in [3.8, 4) is 0 Å². The standard InChI is InChI=1S/C15H22N2O3S/c1-11-10-13(21(16,19)20)6-7-14(11)15(18)17-9-8-12-4-2-3-5-12/h6-7,10,12H,2-5,8-9H2,1H3,(H,17,18)(H2,16,19,20). The molecule has 116 valence electrons. The van der Waals surface area contributed by atoms with Crippen LogP contribution in [0.4, 0.5) is 0 Å². The molecule has 0 saturated heterocycles. The van der Waals surface area contributed by atoms with Crippen molar-refractivity contribution in [2.24, 2.45) is 11.1 Å². The number of rotatable bonds is 5. The van der Waals surface area contributed by atoms with Crippen molar-refractivity contribution < 1.29 is 13.2 Å². The average molecular weight is 310 g/mol. The van der Waals surface area contributed by atoms with E-state index >= 15 is 0 Å². The van der Waals surface area contributed by atoms with Gasteiger partial charge in [-0.1, -0.05) is 25.7 Å². The maximum atomic E-state index is 12.1. The summed E-state index contributed by atoms with van der Waals surface area (Å²) in [7, 11) is -3.73. The number of benzene rings is 1. The lowest BCUT2D eigenvalue weighted by molar-refractivity contribution is 0.0950. The Morgan fingerprint density at radius 1 is 1.33 bits per heavy atom. The van der Waals surface area contributed by atoms with Crippen LogP contribution in [0, 0.1) is 12.8 Å². The molecule has 0 unspecified atom stereocenters. The van der Waals surface area contributed by atoms with E-state index in [-0.39, 0.29) is 10.8 Å². The quantitative estimate of drug-likeness (QED) is 0.871. The fourth-order valence-corrected chi connectivity index (χ4v) is 3.45. The van der Waals surface area contributed by atoms with E-state index in [0.29, 0.717) is 17.7 Å². The molecule has 1 aliphatic rings. The molecule has 2 rings (SSSR count). The maximum absolute atomic E-state index is 12.1. The minimum atomic E-state index is -3.73. The molecule has 0 atom stereocenters. The summed E-state index contributed by atoms with van der Waals surface area (Å²) in [5.74, 6) is 0.572. The van der Waals surface area contributed by atoms with Gasteiger partial charge in [0.2, 0.25) is 10.0 Å². The van der Waals surface area contributed by atoms with Crippen LogP contribution < -0.4 is 10.5 Å². The fourth-order valence-electron chi connectivity index (χ4n) is 2.85. The maximum Gasteiger partial charge on any atom is 0.251 e. The number of nitrogens with two attached hydrogens (primary N) is 1. The second kappa shape index (κ2) is 6.58. The Bertz CT molecular complexity index is 620. The second-order valence-corrected chi connectivity index (χ2v) is 7.28. The number of nitrogens with one attached hydrogen (secondary N) is 1. The third-order valence-corrected chi connectivity index (χ3v) is 4.99. The minimum absolute atomic E-state index is 0.0301. The van der Waals surface area contributed by atoms with Gasteiger partial charge < -0.3 is 5.32 Å². The summed E-state index contributed by atoms with van der Waals surface area (Å²) in [6.07, 6.45) is 6.13. The Kier molecular flexibility index (Phi) is 5.00. The van der Waals surface area contributed by atoms with Gasteiger partial charge in [0, 0.05) is 12.1 Å². The molecule has 3 N–H and O–H groups in total. The lowest BCUT2D eigenvalue weighted by atomic mass is 10.0. The normalized spacial score (nSPS) is 16.1. The van der Waals surface area contributed by atoms with Crippen LogP contribution in [-0.2, 0) is 10.0 Å².